The van der Waals surface area contributed by atoms with Crippen LogP contribution in [0.15, 0.2) is 29.5 Å². The zero-order valence-corrected chi connectivity index (χ0v) is 13.8. The van der Waals surface area contributed by atoms with Gasteiger partial charge in [-0.2, -0.15) is 5.10 Å². The summed E-state index contributed by atoms with van der Waals surface area (Å²) >= 11 is 4.79. The third-order valence-corrected chi connectivity index (χ3v) is 4.68. The maximum atomic E-state index is 9.22. The Morgan fingerprint density at radius 1 is 1.27 bits per heavy atom. The van der Waals surface area contributed by atoms with Gasteiger partial charge in [-0.1, -0.05) is 6.07 Å². The summed E-state index contributed by atoms with van der Waals surface area (Å²) in [5, 5.41) is 12.8. The predicted octanol–water partition coefficient (Wildman–Crippen LogP) is 2.72. The number of hydrazone groups is 1. The van der Waals surface area contributed by atoms with Gasteiger partial charge in [0.25, 0.3) is 5.17 Å². The fraction of sp³-hybridized carbons (Fsp3) is 0.562. The van der Waals surface area contributed by atoms with Gasteiger partial charge in [-0.05, 0) is 68.8 Å². The van der Waals surface area contributed by atoms with Gasteiger partial charge in [0.15, 0.2) is 0 Å². The first-order valence-corrected chi connectivity index (χ1v) is 8.14. The van der Waals surface area contributed by atoms with Crippen LogP contribution in [0.3, 0.4) is 0 Å². The molecule has 2 saturated heterocycles. The predicted molar refractivity (Wildman–Crippen MR) is 92.9 cm³/mol. The number of rotatable bonds is 1. The molecule has 3 N–H and O–H groups in total. The monoisotopic (exact) mass is 320 g/mol. The fourth-order valence-corrected chi connectivity index (χ4v) is 3.24. The highest BCUT2D eigenvalue weighted by atomic mass is 32.1. The van der Waals surface area contributed by atoms with Crippen molar-refractivity contribution in [2.45, 2.75) is 32.6 Å². The first kappa shape index (κ1) is 16.7. The molecule has 2 aliphatic heterocycles. The first-order valence-electron chi connectivity index (χ1n) is 7.74. The Bertz CT molecular complexity index is 498. The Labute approximate surface area is 137 Å². The molecule has 1 aromatic heterocycles. The maximum absolute atomic E-state index is 9.22. The lowest BCUT2D eigenvalue weighted by Crippen LogP contribution is -2.33. The van der Waals surface area contributed by atoms with Gasteiger partial charge < -0.3 is 15.8 Å². The number of aliphatic hydroxyl groups excluding tert-OH is 1. The van der Waals surface area contributed by atoms with E-state index in [1.54, 1.807) is 6.20 Å². The van der Waals surface area contributed by atoms with E-state index in [0.717, 1.165) is 36.3 Å². The Morgan fingerprint density at radius 3 is 2.27 bits per heavy atom. The van der Waals surface area contributed by atoms with Gasteiger partial charge in [-0.3, -0.25) is 4.98 Å². The topological polar surface area (TPSA) is 74.7 Å². The number of hydrogen-bond acceptors (Lipinski definition) is 4. The molecule has 0 aromatic carbocycles. The van der Waals surface area contributed by atoms with Crippen molar-refractivity contribution >= 4 is 23.1 Å². The second kappa shape index (κ2) is 8.08. The number of hydrogen-bond donors (Lipinski definition) is 2. The van der Waals surface area contributed by atoms with Crippen molar-refractivity contribution in [3.63, 3.8) is 0 Å². The lowest BCUT2D eigenvalue weighted by Gasteiger charge is -2.20. The number of fused-ring (bicyclic) bond motifs is 4. The normalized spacial score (nSPS) is 24.2. The van der Waals surface area contributed by atoms with E-state index in [9.17, 15) is 5.11 Å². The molecule has 1 aliphatic carbocycles. The summed E-state index contributed by atoms with van der Waals surface area (Å²) in [4.78, 5) is 6.02. The Hall–Kier alpha value is -1.69. The van der Waals surface area contributed by atoms with Crippen molar-refractivity contribution in [1.82, 2.24) is 9.88 Å². The SMILES string of the molecule is CC(=NN)c1ccccn1.OC(=S)N1CC2CCC(CC2)C1. The molecule has 0 radical (unpaired) electrons. The summed E-state index contributed by atoms with van der Waals surface area (Å²) in [6.45, 7) is 3.81. The van der Waals surface area contributed by atoms with Crippen LogP contribution in [0.4, 0.5) is 0 Å². The minimum absolute atomic E-state index is 0.105. The van der Waals surface area contributed by atoms with Crippen LogP contribution in [0.5, 0.6) is 0 Å². The highest BCUT2D eigenvalue weighted by molar-refractivity contribution is 7.79. The van der Waals surface area contributed by atoms with Crippen LogP contribution in [-0.4, -0.2) is 39.0 Å². The van der Waals surface area contributed by atoms with E-state index in [1.807, 2.05) is 30.0 Å². The van der Waals surface area contributed by atoms with Gasteiger partial charge in [0.2, 0.25) is 0 Å². The first-order chi connectivity index (χ1) is 10.6. The van der Waals surface area contributed by atoms with Gasteiger partial charge in [-0.15, -0.1) is 0 Å². The van der Waals surface area contributed by atoms with E-state index >= 15 is 0 Å². The maximum Gasteiger partial charge on any atom is 0.256 e. The summed E-state index contributed by atoms with van der Waals surface area (Å²) in [6, 6.07) is 5.62. The van der Waals surface area contributed by atoms with Gasteiger partial charge in [0.1, 0.15) is 0 Å². The van der Waals surface area contributed by atoms with E-state index in [0.29, 0.717) is 0 Å². The molecule has 5 nitrogen and oxygen atoms in total. The Kier molecular flexibility index (Phi) is 6.12. The van der Waals surface area contributed by atoms with Crippen LogP contribution < -0.4 is 5.84 Å². The van der Waals surface area contributed by atoms with Crippen molar-refractivity contribution in [1.29, 1.82) is 0 Å². The second-order valence-corrected chi connectivity index (χ2v) is 6.37. The smallest absolute Gasteiger partial charge is 0.256 e. The van der Waals surface area contributed by atoms with Gasteiger partial charge in [0.05, 0.1) is 11.4 Å². The molecular formula is C16H24N4OS. The van der Waals surface area contributed by atoms with Crippen molar-refractivity contribution in [2.75, 3.05) is 13.1 Å². The summed E-state index contributed by atoms with van der Waals surface area (Å²) in [6.07, 6.45) is 7.06. The van der Waals surface area contributed by atoms with Crippen LogP contribution >= 0.6 is 12.2 Å². The molecule has 120 valence electrons. The third-order valence-electron chi connectivity index (χ3n) is 4.42. The zero-order valence-electron chi connectivity index (χ0n) is 13.0. The minimum Gasteiger partial charge on any atom is -0.487 e. The molecule has 0 unspecified atom stereocenters. The van der Waals surface area contributed by atoms with Gasteiger partial charge in [0, 0.05) is 19.3 Å². The standard InChI is InChI=1S/C9H15NOS.C7H9N3/c11-9(12)10-5-7-1-2-8(6-10)4-3-7;1-6(10-8)7-4-2-3-5-9-7/h7-8H,1-6H2,(H,11,12);2-5H,8H2,1H3. The largest absolute Gasteiger partial charge is 0.487 e. The summed E-state index contributed by atoms with van der Waals surface area (Å²) in [5.74, 6) is 6.62. The third kappa shape index (κ3) is 4.66. The molecule has 1 aromatic rings. The van der Waals surface area contributed by atoms with E-state index in [2.05, 4.69) is 10.1 Å². The van der Waals surface area contributed by atoms with Gasteiger partial charge >= 0.3 is 0 Å². The quantitative estimate of drug-likeness (QED) is 0.360. The van der Waals surface area contributed by atoms with Gasteiger partial charge in [-0.25, -0.2) is 0 Å². The summed E-state index contributed by atoms with van der Waals surface area (Å²) in [7, 11) is 0. The van der Waals surface area contributed by atoms with Crippen molar-refractivity contribution in [2.24, 2.45) is 22.8 Å². The molecular weight excluding hydrogens is 296 g/mol. The number of aromatic nitrogens is 1. The number of nitrogens with zero attached hydrogens (tertiary/aromatic N) is 3. The van der Waals surface area contributed by atoms with E-state index < -0.39 is 0 Å². The van der Waals surface area contributed by atoms with Crippen LogP contribution in [0.2, 0.25) is 0 Å². The van der Waals surface area contributed by atoms with Crippen molar-refractivity contribution in [3.8, 4) is 0 Å². The van der Waals surface area contributed by atoms with Crippen LogP contribution in [0.25, 0.3) is 0 Å². The summed E-state index contributed by atoms with van der Waals surface area (Å²) in [5.41, 5.74) is 1.57. The number of pyridine rings is 1. The summed E-state index contributed by atoms with van der Waals surface area (Å²) < 4.78 is 0. The highest BCUT2D eigenvalue weighted by Gasteiger charge is 2.30. The number of aliphatic hydroxyl groups is 1. The average molecular weight is 320 g/mol. The van der Waals surface area contributed by atoms with Crippen LogP contribution in [-0.2, 0) is 0 Å². The average Bonchev–Trinajstić information content (AvgIpc) is 2.89. The highest BCUT2D eigenvalue weighted by Crippen LogP contribution is 2.33. The number of thiocarbonyl (C=S) groups is 1. The van der Waals surface area contributed by atoms with Crippen molar-refractivity contribution < 1.29 is 5.11 Å². The van der Waals surface area contributed by atoms with Crippen LogP contribution in [0.1, 0.15) is 38.3 Å². The van der Waals surface area contributed by atoms with E-state index in [1.165, 1.54) is 25.7 Å². The molecule has 3 fully saturated rings. The van der Waals surface area contributed by atoms with Crippen molar-refractivity contribution in [3.05, 3.63) is 30.1 Å². The Balaban J connectivity index is 0.000000164. The van der Waals surface area contributed by atoms with E-state index in [-0.39, 0.29) is 5.17 Å². The molecule has 3 heterocycles. The Morgan fingerprint density at radius 2 is 1.86 bits per heavy atom. The molecule has 3 aliphatic rings. The van der Waals surface area contributed by atoms with E-state index in [4.69, 9.17) is 18.1 Å². The lowest BCUT2D eigenvalue weighted by atomic mass is 9.84. The lowest BCUT2D eigenvalue weighted by molar-refractivity contribution is 0.322. The minimum atomic E-state index is 0.105. The fourth-order valence-electron chi connectivity index (χ4n) is 3.09. The molecule has 4 rings (SSSR count). The molecule has 0 spiro atoms. The molecule has 1 saturated carbocycles. The molecule has 2 bridgehead atoms. The van der Waals surface area contributed by atoms with Crippen LogP contribution in [0, 0.1) is 11.8 Å². The second-order valence-electron chi connectivity index (χ2n) is 6.00. The molecule has 0 atom stereocenters. The zero-order chi connectivity index (χ0) is 15.9. The molecule has 6 heteroatoms. The molecule has 0 amide bonds. The number of nitrogens with two attached hydrogens (primary N) is 1. The molecule has 22 heavy (non-hydrogen) atoms.